The summed E-state index contributed by atoms with van der Waals surface area (Å²) in [5, 5.41) is 5.11. The lowest BCUT2D eigenvalue weighted by molar-refractivity contribution is 0.102. The molecule has 0 spiro atoms. The fourth-order valence-corrected chi connectivity index (χ4v) is 4.81. The number of hydrogen-bond donors (Lipinski definition) is 1. The molecule has 0 aliphatic carbocycles. The van der Waals surface area contributed by atoms with Crippen molar-refractivity contribution in [3.63, 3.8) is 0 Å². The zero-order valence-electron chi connectivity index (χ0n) is 8.17. The van der Waals surface area contributed by atoms with Gasteiger partial charge in [-0.2, -0.15) is 0 Å². The molecule has 0 unspecified atom stereocenters. The second-order valence-corrected chi connectivity index (χ2v) is 7.84. The number of thiazole rings is 1. The second kappa shape index (κ2) is 5.79. The summed E-state index contributed by atoms with van der Waals surface area (Å²) in [4.78, 5) is 16.1. The monoisotopic (exact) mass is 414 g/mol. The van der Waals surface area contributed by atoms with Crippen LogP contribution in [0, 0.1) is 0 Å². The van der Waals surface area contributed by atoms with Gasteiger partial charge in [0.1, 0.15) is 0 Å². The van der Waals surface area contributed by atoms with Crippen LogP contribution in [0.1, 0.15) is 16.1 Å². The quantitative estimate of drug-likeness (QED) is 0.736. The summed E-state index contributed by atoms with van der Waals surface area (Å²) in [6.07, 6.45) is 0. The van der Waals surface area contributed by atoms with E-state index in [0.717, 1.165) is 13.3 Å². The van der Waals surface area contributed by atoms with Gasteiger partial charge in [0.15, 0.2) is 5.13 Å². The van der Waals surface area contributed by atoms with Crippen LogP contribution in [-0.2, 0) is 5.88 Å². The van der Waals surface area contributed by atoms with Gasteiger partial charge < -0.3 is 0 Å². The van der Waals surface area contributed by atoms with E-state index in [0.29, 0.717) is 16.6 Å². The summed E-state index contributed by atoms with van der Waals surface area (Å²) >= 11 is 15.1. The summed E-state index contributed by atoms with van der Waals surface area (Å²) in [6.45, 7) is 0. The average Bonchev–Trinajstić information content (AvgIpc) is 2.85. The van der Waals surface area contributed by atoms with Gasteiger partial charge in [-0.15, -0.1) is 34.3 Å². The molecule has 0 aliphatic rings. The Balaban J connectivity index is 2.14. The normalized spacial score (nSPS) is 10.5. The van der Waals surface area contributed by atoms with Crippen LogP contribution in [0.3, 0.4) is 0 Å². The van der Waals surface area contributed by atoms with Crippen LogP contribution >= 0.6 is 66.1 Å². The van der Waals surface area contributed by atoms with Gasteiger partial charge >= 0.3 is 0 Å². The van der Waals surface area contributed by atoms with Crippen molar-refractivity contribution in [3.8, 4) is 0 Å². The molecule has 0 aliphatic heterocycles. The van der Waals surface area contributed by atoms with Gasteiger partial charge in [-0.25, -0.2) is 4.98 Å². The molecule has 0 atom stereocenters. The predicted octanol–water partition coefficient (Wildman–Crippen LogP) is 4.72. The number of nitrogens with zero attached hydrogens (tertiary/aromatic N) is 1. The Morgan fingerprint density at radius 2 is 2.29 bits per heavy atom. The number of carbonyl (C=O) groups is 1. The van der Waals surface area contributed by atoms with E-state index in [2.05, 4.69) is 42.2 Å². The molecule has 90 valence electrons. The summed E-state index contributed by atoms with van der Waals surface area (Å²) in [5.74, 6) is 0.161. The third kappa shape index (κ3) is 3.29. The number of hydrogen-bond acceptors (Lipinski definition) is 4. The molecule has 0 saturated carbocycles. The predicted molar refractivity (Wildman–Crippen MR) is 79.3 cm³/mol. The molecule has 17 heavy (non-hydrogen) atoms. The van der Waals surface area contributed by atoms with Crippen molar-refractivity contribution in [2.75, 3.05) is 5.32 Å². The van der Waals surface area contributed by atoms with Gasteiger partial charge in [0.25, 0.3) is 5.91 Å². The smallest absolute Gasteiger partial charge is 0.259 e. The maximum absolute atomic E-state index is 11.9. The topological polar surface area (TPSA) is 42.0 Å². The standard InChI is InChI=1S/C9H5Br2ClN2OS2/c10-6-1-5(7(11)17-6)8(15)14-9-13-4(2-12)3-16-9/h1,3H,2H2,(H,13,14,15). The van der Waals surface area contributed by atoms with Crippen molar-refractivity contribution < 1.29 is 4.79 Å². The highest BCUT2D eigenvalue weighted by Crippen LogP contribution is 2.32. The van der Waals surface area contributed by atoms with Gasteiger partial charge in [-0.05, 0) is 37.9 Å². The molecular formula is C9H5Br2ClN2OS2. The van der Waals surface area contributed by atoms with Crippen molar-refractivity contribution >= 4 is 77.2 Å². The Morgan fingerprint density at radius 3 is 2.82 bits per heavy atom. The fourth-order valence-electron chi connectivity index (χ4n) is 1.09. The molecule has 0 fully saturated rings. The molecule has 3 nitrogen and oxygen atoms in total. The van der Waals surface area contributed by atoms with Crippen molar-refractivity contribution in [3.05, 3.63) is 30.3 Å². The number of amides is 1. The van der Waals surface area contributed by atoms with Crippen LogP contribution in [0.2, 0.25) is 0 Å². The molecule has 1 N–H and O–H groups in total. The first-order chi connectivity index (χ1) is 8.10. The Labute approximate surface area is 127 Å². The zero-order valence-corrected chi connectivity index (χ0v) is 13.7. The molecule has 8 heteroatoms. The largest absolute Gasteiger partial charge is 0.298 e. The molecule has 2 aromatic heterocycles. The minimum Gasteiger partial charge on any atom is -0.298 e. The van der Waals surface area contributed by atoms with Crippen LogP contribution in [0.25, 0.3) is 0 Å². The van der Waals surface area contributed by atoms with Crippen LogP contribution in [0.4, 0.5) is 5.13 Å². The minimum atomic E-state index is -0.186. The molecule has 0 radical (unpaired) electrons. The first-order valence-electron chi connectivity index (χ1n) is 4.36. The number of rotatable bonds is 3. The number of carbonyl (C=O) groups excluding carboxylic acids is 1. The Kier molecular flexibility index (Phi) is 4.59. The third-order valence-electron chi connectivity index (χ3n) is 1.81. The van der Waals surface area contributed by atoms with Crippen LogP contribution in [0.5, 0.6) is 0 Å². The fraction of sp³-hybridized carbons (Fsp3) is 0.111. The van der Waals surface area contributed by atoms with E-state index in [1.165, 1.54) is 22.7 Å². The molecule has 2 aromatic rings. The first-order valence-corrected chi connectivity index (χ1v) is 8.18. The number of thiophene rings is 1. The van der Waals surface area contributed by atoms with Crippen molar-refractivity contribution in [1.82, 2.24) is 4.98 Å². The van der Waals surface area contributed by atoms with Crippen LogP contribution in [-0.4, -0.2) is 10.9 Å². The Morgan fingerprint density at radius 1 is 1.53 bits per heavy atom. The number of aromatic nitrogens is 1. The van der Waals surface area contributed by atoms with E-state index in [-0.39, 0.29) is 5.91 Å². The van der Waals surface area contributed by atoms with E-state index < -0.39 is 0 Å². The SMILES string of the molecule is O=C(Nc1nc(CCl)cs1)c1cc(Br)sc1Br. The number of anilines is 1. The molecular weight excluding hydrogens is 412 g/mol. The Bertz CT molecular complexity index is 555. The first kappa shape index (κ1) is 13.5. The maximum atomic E-state index is 11.9. The van der Waals surface area contributed by atoms with Crippen molar-refractivity contribution in [1.29, 1.82) is 0 Å². The summed E-state index contributed by atoms with van der Waals surface area (Å²) < 4.78 is 1.69. The molecule has 1 amide bonds. The van der Waals surface area contributed by atoms with E-state index in [1.807, 2.05) is 5.38 Å². The van der Waals surface area contributed by atoms with E-state index in [9.17, 15) is 4.79 Å². The van der Waals surface area contributed by atoms with Gasteiger partial charge in [0.05, 0.1) is 24.7 Å². The van der Waals surface area contributed by atoms with Gasteiger partial charge in [-0.1, -0.05) is 0 Å². The lowest BCUT2D eigenvalue weighted by Gasteiger charge is -1.99. The minimum absolute atomic E-state index is 0.186. The second-order valence-electron chi connectivity index (χ2n) is 2.97. The lowest BCUT2D eigenvalue weighted by Crippen LogP contribution is -2.11. The van der Waals surface area contributed by atoms with Crippen molar-refractivity contribution in [2.45, 2.75) is 5.88 Å². The summed E-state index contributed by atoms with van der Waals surface area (Å²) in [5.41, 5.74) is 1.35. The molecule has 0 aromatic carbocycles. The summed E-state index contributed by atoms with van der Waals surface area (Å²) in [6, 6.07) is 1.76. The van der Waals surface area contributed by atoms with Crippen molar-refractivity contribution in [2.24, 2.45) is 0 Å². The van der Waals surface area contributed by atoms with Crippen LogP contribution < -0.4 is 5.32 Å². The molecule has 2 heterocycles. The molecule has 0 bridgehead atoms. The zero-order chi connectivity index (χ0) is 12.4. The van der Waals surface area contributed by atoms with Gasteiger partial charge in [0.2, 0.25) is 0 Å². The molecule has 0 saturated heterocycles. The van der Waals surface area contributed by atoms with E-state index in [4.69, 9.17) is 11.6 Å². The van der Waals surface area contributed by atoms with E-state index in [1.54, 1.807) is 6.07 Å². The number of nitrogens with one attached hydrogen (secondary N) is 1. The van der Waals surface area contributed by atoms with Crippen LogP contribution in [0.15, 0.2) is 19.0 Å². The molecule has 2 rings (SSSR count). The Hall–Kier alpha value is 0.0500. The highest BCUT2D eigenvalue weighted by Gasteiger charge is 2.15. The third-order valence-corrected chi connectivity index (χ3v) is 5.23. The van der Waals surface area contributed by atoms with Gasteiger partial charge in [-0.3, -0.25) is 10.1 Å². The van der Waals surface area contributed by atoms with E-state index >= 15 is 0 Å². The summed E-state index contributed by atoms with van der Waals surface area (Å²) in [7, 11) is 0. The maximum Gasteiger partial charge on any atom is 0.259 e. The van der Waals surface area contributed by atoms with Gasteiger partial charge in [0, 0.05) is 5.38 Å². The number of halogens is 3. The lowest BCUT2D eigenvalue weighted by atomic mass is 10.3. The number of alkyl halides is 1. The average molecular weight is 417 g/mol. The highest BCUT2D eigenvalue weighted by molar-refractivity contribution is 9.12. The highest BCUT2D eigenvalue weighted by atomic mass is 79.9.